The van der Waals surface area contributed by atoms with E-state index in [1.807, 2.05) is 11.3 Å². The largest absolute Gasteiger partial charge is 0.374 e. The van der Waals surface area contributed by atoms with Gasteiger partial charge in [0.1, 0.15) is 0 Å². The minimum atomic E-state index is 0.540. The molecule has 0 saturated carbocycles. The summed E-state index contributed by atoms with van der Waals surface area (Å²) in [5.74, 6) is 0.958. The van der Waals surface area contributed by atoms with Crippen LogP contribution >= 0.6 is 34.4 Å². The maximum Gasteiger partial charge on any atom is 0.203 e. The minimum absolute atomic E-state index is 0.540. The molecule has 0 atom stereocenters. The zero-order valence-electron chi connectivity index (χ0n) is 8.27. The van der Waals surface area contributed by atoms with E-state index >= 15 is 0 Å². The maximum absolute atomic E-state index is 5.51. The first-order valence-corrected chi connectivity index (χ1v) is 7.19. The van der Waals surface area contributed by atoms with Crippen LogP contribution in [0, 0.1) is 0 Å². The highest BCUT2D eigenvalue weighted by atomic mass is 32.2. The Morgan fingerprint density at radius 1 is 1.27 bits per heavy atom. The Morgan fingerprint density at radius 3 is 2.67 bits per heavy atom. The Morgan fingerprint density at radius 2 is 2.07 bits per heavy atom. The molecule has 2 heterocycles. The van der Waals surface area contributed by atoms with Crippen molar-refractivity contribution in [3.63, 3.8) is 0 Å². The van der Waals surface area contributed by atoms with Gasteiger partial charge in [0.2, 0.25) is 5.13 Å². The van der Waals surface area contributed by atoms with Crippen molar-refractivity contribution < 1.29 is 0 Å². The molecule has 3 nitrogen and oxygen atoms in total. The van der Waals surface area contributed by atoms with Gasteiger partial charge in [-0.15, -0.1) is 21.5 Å². The van der Waals surface area contributed by atoms with Gasteiger partial charge in [-0.1, -0.05) is 30.0 Å². The lowest BCUT2D eigenvalue weighted by Crippen LogP contribution is -1.79. The van der Waals surface area contributed by atoms with Gasteiger partial charge in [-0.2, -0.15) is 0 Å². The average Bonchev–Trinajstić information content (AvgIpc) is 2.83. The van der Waals surface area contributed by atoms with E-state index in [2.05, 4.69) is 29.3 Å². The number of thioether (sulfide) groups is 1. The Labute approximate surface area is 101 Å². The van der Waals surface area contributed by atoms with Crippen molar-refractivity contribution in [2.24, 2.45) is 0 Å². The number of hydrogen-bond acceptors (Lipinski definition) is 6. The molecule has 0 unspecified atom stereocenters. The van der Waals surface area contributed by atoms with Crippen molar-refractivity contribution in [3.8, 4) is 0 Å². The van der Waals surface area contributed by atoms with Crippen LogP contribution in [0.2, 0.25) is 0 Å². The van der Waals surface area contributed by atoms with Gasteiger partial charge in [0.05, 0.1) is 0 Å². The second-order valence-corrected chi connectivity index (χ2v) is 6.40. The Bertz CT molecular complexity index is 435. The van der Waals surface area contributed by atoms with Crippen LogP contribution in [0.5, 0.6) is 0 Å². The summed E-state index contributed by atoms with van der Waals surface area (Å²) in [4.78, 5) is 2.81. The van der Waals surface area contributed by atoms with Gasteiger partial charge in [-0.05, 0) is 18.6 Å². The third-order valence-corrected chi connectivity index (χ3v) is 5.17. The van der Waals surface area contributed by atoms with E-state index in [0.717, 1.165) is 16.5 Å². The van der Waals surface area contributed by atoms with E-state index in [0.29, 0.717) is 5.13 Å². The van der Waals surface area contributed by atoms with E-state index in [-0.39, 0.29) is 0 Å². The van der Waals surface area contributed by atoms with Crippen LogP contribution < -0.4 is 5.73 Å². The first kappa shape index (κ1) is 10.9. The van der Waals surface area contributed by atoms with Gasteiger partial charge in [0, 0.05) is 15.5 Å². The van der Waals surface area contributed by atoms with Crippen molar-refractivity contribution in [1.82, 2.24) is 10.2 Å². The summed E-state index contributed by atoms with van der Waals surface area (Å²) in [6, 6.07) is 4.37. The molecule has 80 valence electrons. The molecule has 0 spiro atoms. The van der Waals surface area contributed by atoms with Gasteiger partial charge in [0.15, 0.2) is 4.34 Å². The lowest BCUT2D eigenvalue weighted by molar-refractivity contribution is 1.02. The third kappa shape index (κ3) is 2.93. The number of nitrogen functional groups attached to an aromatic ring is 1. The smallest absolute Gasteiger partial charge is 0.203 e. The molecule has 2 N–H and O–H groups in total. The van der Waals surface area contributed by atoms with Crippen LogP contribution in [0.4, 0.5) is 5.13 Å². The molecule has 0 aliphatic rings. The van der Waals surface area contributed by atoms with Crippen LogP contribution in [-0.2, 0) is 12.2 Å². The molecule has 0 aliphatic heterocycles. The first-order valence-electron chi connectivity index (χ1n) is 4.57. The van der Waals surface area contributed by atoms with Crippen molar-refractivity contribution >= 4 is 39.6 Å². The Hall–Kier alpha value is -0.590. The Balaban J connectivity index is 1.93. The average molecular weight is 257 g/mol. The quantitative estimate of drug-likeness (QED) is 0.855. The zero-order valence-corrected chi connectivity index (χ0v) is 10.7. The van der Waals surface area contributed by atoms with Crippen molar-refractivity contribution in [2.75, 3.05) is 5.73 Å². The Kier molecular flexibility index (Phi) is 3.61. The molecular formula is C9H11N3S3. The number of aromatic nitrogens is 2. The molecule has 15 heavy (non-hydrogen) atoms. The minimum Gasteiger partial charge on any atom is -0.374 e. The van der Waals surface area contributed by atoms with Gasteiger partial charge in [0.25, 0.3) is 0 Å². The summed E-state index contributed by atoms with van der Waals surface area (Å²) in [5, 5.41) is 8.29. The van der Waals surface area contributed by atoms with Crippen LogP contribution in [0.1, 0.15) is 16.7 Å². The summed E-state index contributed by atoms with van der Waals surface area (Å²) in [6.07, 6.45) is 1.11. The van der Waals surface area contributed by atoms with Crippen LogP contribution in [-0.4, -0.2) is 10.2 Å². The molecule has 0 bridgehead atoms. The van der Waals surface area contributed by atoms with Crippen LogP contribution in [0.25, 0.3) is 0 Å². The SMILES string of the molecule is CCc1ccc(CSc2nnc(N)s2)s1. The number of rotatable bonds is 4. The van der Waals surface area contributed by atoms with Gasteiger partial charge >= 0.3 is 0 Å². The van der Waals surface area contributed by atoms with Crippen molar-refractivity contribution in [2.45, 2.75) is 23.4 Å². The summed E-state index contributed by atoms with van der Waals surface area (Å²) < 4.78 is 0.943. The second kappa shape index (κ2) is 4.96. The lowest BCUT2D eigenvalue weighted by Gasteiger charge is -1.92. The highest BCUT2D eigenvalue weighted by Gasteiger charge is 2.04. The topological polar surface area (TPSA) is 51.8 Å². The molecule has 6 heteroatoms. The highest BCUT2D eigenvalue weighted by Crippen LogP contribution is 2.29. The lowest BCUT2D eigenvalue weighted by atomic mass is 10.4. The summed E-state index contributed by atoms with van der Waals surface area (Å²) in [5.41, 5.74) is 5.51. The second-order valence-electron chi connectivity index (χ2n) is 2.92. The number of hydrogen-bond donors (Lipinski definition) is 1. The van der Waals surface area contributed by atoms with Crippen molar-refractivity contribution in [3.05, 3.63) is 21.9 Å². The number of aryl methyl sites for hydroxylation is 1. The fourth-order valence-corrected chi connectivity index (χ4v) is 3.74. The number of anilines is 1. The molecule has 0 radical (unpaired) electrons. The predicted molar refractivity (Wildman–Crippen MR) is 67.6 cm³/mol. The molecule has 0 aromatic carbocycles. The number of nitrogens with zero attached hydrogens (tertiary/aromatic N) is 2. The molecule has 2 aromatic rings. The monoisotopic (exact) mass is 257 g/mol. The van der Waals surface area contributed by atoms with Crippen LogP contribution in [0.15, 0.2) is 16.5 Å². The fraction of sp³-hybridized carbons (Fsp3) is 0.333. The highest BCUT2D eigenvalue weighted by molar-refractivity contribution is 8.00. The molecule has 0 saturated heterocycles. The predicted octanol–water partition coefficient (Wildman–Crippen LogP) is 3.04. The van der Waals surface area contributed by atoms with E-state index in [1.54, 1.807) is 11.8 Å². The number of nitrogens with two attached hydrogens (primary N) is 1. The maximum atomic E-state index is 5.51. The van der Waals surface area contributed by atoms with E-state index in [9.17, 15) is 0 Å². The molecule has 2 rings (SSSR count). The standard InChI is InChI=1S/C9H11N3S3/c1-2-6-3-4-7(14-6)5-13-9-12-11-8(10)15-9/h3-4H,2,5H2,1H3,(H2,10,11). The molecule has 0 amide bonds. The third-order valence-electron chi connectivity index (χ3n) is 1.83. The fourth-order valence-electron chi connectivity index (χ4n) is 1.10. The van der Waals surface area contributed by atoms with E-state index in [4.69, 9.17) is 5.73 Å². The van der Waals surface area contributed by atoms with E-state index < -0.39 is 0 Å². The van der Waals surface area contributed by atoms with Gasteiger partial charge < -0.3 is 5.73 Å². The first-order chi connectivity index (χ1) is 7.28. The number of thiophene rings is 1. The van der Waals surface area contributed by atoms with Crippen LogP contribution in [0.3, 0.4) is 0 Å². The summed E-state index contributed by atoms with van der Waals surface area (Å²) >= 11 is 5.00. The molecule has 0 fully saturated rings. The van der Waals surface area contributed by atoms with Crippen molar-refractivity contribution in [1.29, 1.82) is 0 Å². The normalized spacial score (nSPS) is 10.7. The summed E-state index contributed by atoms with van der Waals surface area (Å²) in [6.45, 7) is 2.17. The molecular weight excluding hydrogens is 246 g/mol. The zero-order chi connectivity index (χ0) is 10.7. The van der Waals surface area contributed by atoms with Gasteiger partial charge in [-0.25, -0.2) is 0 Å². The summed E-state index contributed by atoms with van der Waals surface area (Å²) in [7, 11) is 0. The van der Waals surface area contributed by atoms with E-state index in [1.165, 1.54) is 21.1 Å². The molecule has 0 aliphatic carbocycles. The van der Waals surface area contributed by atoms with Gasteiger partial charge in [-0.3, -0.25) is 0 Å². The molecule has 2 aromatic heterocycles.